The van der Waals surface area contributed by atoms with Gasteiger partial charge in [-0.15, -0.1) is 0 Å². The molecular formula is C14H25NO3. The Labute approximate surface area is 110 Å². The molecule has 0 atom stereocenters. The number of carbonyl (C=O) groups excluding carboxylic acids is 2. The van der Waals surface area contributed by atoms with Gasteiger partial charge in [-0.05, 0) is 24.8 Å². The van der Waals surface area contributed by atoms with Crippen LogP contribution < -0.4 is 0 Å². The first-order valence-electron chi connectivity index (χ1n) is 6.58. The molecule has 0 N–H and O–H groups in total. The smallest absolute Gasteiger partial charge is 0.306 e. The lowest BCUT2D eigenvalue weighted by atomic mass is 10.1. The first kappa shape index (κ1) is 16.7. The summed E-state index contributed by atoms with van der Waals surface area (Å²) >= 11 is 0. The van der Waals surface area contributed by atoms with Gasteiger partial charge in [0.25, 0.3) is 0 Å². The number of amides is 1. The molecule has 0 saturated carbocycles. The van der Waals surface area contributed by atoms with Crippen molar-refractivity contribution in [2.75, 3.05) is 19.7 Å². The Kier molecular flexibility index (Phi) is 8.97. The standard InChI is InChI=1S/C14H25NO3/c1-5-8-15(13(16)6-2)9-7-10-18-14(17)11-12(3)4/h6,12H,2,5,7-11H2,1,3-4H3. The van der Waals surface area contributed by atoms with Gasteiger partial charge in [0, 0.05) is 19.5 Å². The summed E-state index contributed by atoms with van der Waals surface area (Å²) in [5.74, 6) is 0.0869. The van der Waals surface area contributed by atoms with Crippen molar-refractivity contribution in [3.05, 3.63) is 12.7 Å². The molecule has 0 aliphatic carbocycles. The second-order valence-corrected chi connectivity index (χ2v) is 4.70. The maximum atomic E-state index is 11.5. The van der Waals surface area contributed by atoms with Crippen LogP contribution in [0.2, 0.25) is 0 Å². The summed E-state index contributed by atoms with van der Waals surface area (Å²) in [6, 6.07) is 0. The molecule has 0 heterocycles. The lowest BCUT2D eigenvalue weighted by Crippen LogP contribution is -2.31. The molecule has 0 radical (unpaired) electrons. The van der Waals surface area contributed by atoms with Crippen molar-refractivity contribution in [1.29, 1.82) is 0 Å². The predicted molar refractivity (Wildman–Crippen MR) is 72.1 cm³/mol. The fraction of sp³-hybridized carbons (Fsp3) is 0.714. The van der Waals surface area contributed by atoms with E-state index in [0.29, 0.717) is 38.5 Å². The third-order valence-corrected chi connectivity index (χ3v) is 2.39. The third kappa shape index (κ3) is 7.87. The predicted octanol–water partition coefficient (Wildman–Crippen LogP) is 2.39. The van der Waals surface area contributed by atoms with Crippen LogP contribution in [-0.2, 0) is 14.3 Å². The third-order valence-electron chi connectivity index (χ3n) is 2.39. The van der Waals surface area contributed by atoms with Crippen LogP contribution >= 0.6 is 0 Å². The molecule has 0 aliphatic heterocycles. The van der Waals surface area contributed by atoms with Crippen LogP contribution in [0.25, 0.3) is 0 Å². The van der Waals surface area contributed by atoms with Crippen molar-refractivity contribution < 1.29 is 14.3 Å². The molecule has 18 heavy (non-hydrogen) atoms. The van der Waals surface area contributed by atoms with Crippen molar-refractivity contribution in [2.24, 2.45) is 5.92 Å². The number of esters is 1. The molecule has 0 saturated heterocycles. The van der Waals surface area contributed by atoms with Crippen molar-refractivity contribution in [3.8, 4) is 0 Å². The number of nitrogens with zero attached hydrogens (tertiary/aromatic N) is 1. The SMILES string of the molecule is C=CC(=O)N(CCC)CCCOC(=O)CC(C)C. The summed E-state index contributed by atoms with van der Waals surface area (Å²) < 4.78 is 5.09. The number of carbonyl (C=O) groups is 2. The Morgan fingerprint density at radius 2 is 2.00 bits per heavy atom. The molecule has 0 bridgehead atoms. The molecule has 4 heteroatoms. The molecule has 4 nitrogen and oxygen atoms in total. The molecule has 1 amide bonds. The van der Waals surface area contributed by atoms with E-state index in [-0.39, 0.29) is 11.9 Å². The van der Waals surface area contributed by atoms with Gasteiger partial charge in [0.1, 0.15) is 0 Å². The van der Waals surface area contributed by atoms with Crippen LogP contribution in [0.1, 0.15) is 40.0 Å². The quantitative estimate of drug-likeness (QED) is 0.361. The Balaban J connectivity index is 3.82. The largest absolute Gasteiger partial charge is 0.466 e. The van der Waals surface area contributed by atoms with Crippen molar-refractivity contribution >= 4 is 11.9 Å². The van der Waals surface area contributed by atoms with E-state index in [0.717, 1.165) is 6.42 Å². The fourth-order valence-corrected chi connectivity index (χ4v) is 1.56. The van der Waals surface area contributed by atoms with Gasteiger partial charge in [-0.1, -0.05) is 27.4 Å². The minimum Gasteiger partial charge on any atom is -0.466 e. The minimum atomic E-state index is -0.165. The first-order chi connectivity index (χ1) is 8.51. The van der Waals surface area contributed by atoms with Gasteiger partial charge >= 0.3 is 5.97 Å². The first-order valence-corrected chi connectivity index (χ1v) is 6.58. The zero-order chi connectivity index (χ0) is 14.0. The van der Waals surface area contributed by atoms with Crippen LogP contribution in [-0.4, -0.2) is 36.5 Å². The van der Waals surface area contributed by atoms with E-state index < -0.39 is 0 Å². The number of rotatable bonds is 9. The van der Waals surface area contributed by atoms with E-state index in [4.69, 9.17) is 4.74 Å². The molecular weight excluding hydrogens is 230 g/mol. The summed E-state index contributed by atoms with van der Waals surface area (Å²) in [5, 5.41) is 0. The molecule has 0 fully saturated rings. The van der Waals surface area contributed by atoms with Crippen LogP contribution in [0.3, 0.4) is 0 Å². The number of hydrogen-bond acceptors (Lipinski definition) is 3. The van der Waals surface area contributed by atoms with Crippen LogP contribution in [0.15, 0.2) is 12.7 Å². The van der Waals surface area contributed by atoms with Crippen LogP contribution in [0.4, 0.5) is 0 Å². The fourth-order valence-electron chi connectivity index (χ4n) is 1.56. The summed E-state index contributed by atoms with van der Waals surface area (Å²) in [6.07, 6.45) is 3.35. The second kappa shape index (κ2) is 9.68. The van der Waals surface area contributed by atoms with E-state index >= 15 is 0 Å². The zero-order valence-electron chi connectivity index (χ0n) is 11.8. The van der Waals surface area contributed by atoms with Crippen molar-refractivity contribution in [1.82, 2.24) is 4.90 Å². The molecule has 0 rings (SSSR count). The average Bonchev–Trinajstić information content (AvgIpc) is 2.31. The summed E-state index contributed by atoms with van der Waals surface area (Å²) in [5.41, 5.74) is 0. The Morgan fingerprint density at radius 1 is 1.33 bits per heavy atom. The van der Waals surface area contributed by atoms with Gasteiger partial charge in [-0.3, -0.25) is 9.59 Å². The Morgan fingerprint density at radius 3 is 2.50 bits per heavy atom. The van der Waals surface area contributed by atoms with Gasteiger partial charge in [0.2, 0.25) is 5.91 Å². The van der Waals surface area contributed by atoms with Gasteiger partial charge in [0.15, 0.2) is 0 Å². The van der Waals surface area contributed by atoms with E-state index in [2.05, 4.69) is 6.58 Å². The molecule has 0 spiro atoms. The van der Waals surface area contributed by atoms with Crippen LogP contribution in [0, 0.1) is 5.92 Å². The van der Waals surface area contributed by atoms with Crippen molar-refractivity contribution in [2.45, 2.75) is 40.0 Å². The zero-order valence-corrected chi connectivity index (χ0v) is 11.8. The van der Waals surface area contributed by atoms with Crippen LogP contribution in [0.5, 0.6) is 0 Å². The lowest BCUT2D eigenvalue weighted by Gasteiger charge is -2.20. The van der Waals surface area contributed by atoms with Gasteiger partial charge < -0.3 is 9.64 Å². The van der Waals surface area contributed by atoms with Gasteiger partial charge in [-0.25, -0.2) is 0 Å². The summed E-state index contributed by atoms with van der Waals surface area (Å²) in [4.78, 5) is 24.5. The average molecular weight is 255 g/mol. The molecule has 0 aromatic heterocycles. The van der Waals surface area contributed by atoms with Gasteiger partial charge in [-0.2, -0.15) is 0 Å². The van der Waals surface area contributed by atoms with E-state index in [1.165, 1.54) is 6.08 Å². The topological polar surface area (TPSA) is 46.6 Å². The highest BCUT2D eigenvalue weighted by atomic mass is 16.5. The van der Waals surface area contributed by atoms with Crippen molar-refractivity contribution in [3.63, 3.8) is 0 Å². The van der Waals surface area contributed by atoms with E-state index in [9.17, 15) is 9.59 Å². The Hall–Kier alpha value is -1.32. The summed E-state index contributed by atoms with van der Waals surface area (Å²) in [7, 11) is 0. The highest BCUT2D eigenvalue weighted by Gasteiger charge is 2.09. The molecule has 0 aromatic carbocycles. The highest BCUT2D eigenvalue weighted by Crippen LogP contribution is 2.02. The lowest BCUT2D eigenvalue weighted by molar-refractivity contribution is -0.144. The molecule has 0 aliphatic rings. The van der Waals surface area contributed by atoms with E-state index in [1.807, 2.05) is 20.8 Å². The van der Waals surface area contributed by atoms with Gasteiger partial charge in [0.05, 0.1) is 6.61 Å². The summed E-state index contributed by atoms with van der Waals surface area (Å²) in [6.45, 7) is 11.1. The maximum absolute atomic E-state index is 11.5. The molecule has 104 valence electrons. The maximum Gasteiger partial charge on any atom is 0.306 e. The number of hydrogen-bond donors (Lipinski definition) is 0. The normalized spacial score (nSPS) is 10.2. The minimum absolute atomic E-state index is 0.0645. The second-order valence-electron chi connectivity index (χ2n) is 4.70. The molecule has 0 aromatic rings. The molecule has 0 unspecified atom stereocenters. The monoisotopic (exact) mass is 255 g/mol. The van der Waals surface area contributed by atoms with E-state index in [1.54, 1.807) is 4.90 Å². The highest BCUT2D eigenvalue weighted by molar-refractivity contribution is 5.86. The Bertz CT molecular complexity index is 274. The number of ether oxygens (including phenoxy) is 1.